The highest BCUT2D eigenvalue weighted by Gasteiger charge is 2.15. The van der Waals surface area contributed by atoms with Gasteiger partial charge in [-0.15, -0.1) is 0 Å². The van der Waals surface area contributed by atoms with Crippen LogP contribution >= 0.6 is 22.9 Å². The summed E-state index contributed by atoms with van der Waals surface area (Å²) in [5, 5.41) is 13.8. The van der Waals surface area contributed by atoms with E-state index >= 15 is 0 Å². The molecule has 0 unspecified atom stereocenters. The van der Waals surface area contributed by atoms with Crippen LogP contribution in [0.4, 0.5) is 11.1 Å². The van der Waals surface area contributed by atoms with Crippen molar-refractivity contribution in [1.29, 1.82) is 0 Å². The number of methoxy groups -OCH3 is 1. The summed E-state index contributed by atoms with van der Waals surface area (Å²) in [4.78, 5) is 20.4. The van der Waals surface area contributed by atoms with Gasteiger partial charge in [0.05, 0.1) is 33.4 Å². The maximum atomic E-state index is 11.2. The van der Waals surface area contributed by atoms with Crippen LogP contribution in [0.1, 0.15) is 10.4 Å². The molecule has 2 aromatic carbocycles. The maximum absolute atomic E-state index is 11.2. The van der Waals surface area contributed by atoms with E-state index in [1.54, 1.807) is 31.4 Å². The molecule has 4 aromatic rings. The number of nitrogens with one attached hydrogen (secondary N) is 1. The van der Waals surface area contributed by atoms with Crippen LogP contribution in [0.5, 0.6) is 0 Å². The number of aromatic nitrogens is 3. The Morgan fingerprint density at radius 2 is 2.11 bits per heavy atom. The molecule has 138 valence electrons. The molecular formula is C18H15ClN4O3S. The van der Waals surface area contributed by atoms with Gasteiger partial charge in [-0.2, -0.15) is 0 Å². The molecule has 0 radical (unpaired) electrons. The fourth-order valence-corrected chi connectivity index (χ4v) is 3.95. The summed E-state index contributed by atoms with van der Waals surface area (Å²) in [5.74, 6) is -0.407. The number of thiazole rings is 1. The number of carbonyl (C=O) groups is 1. The van der Waals surface area contributed by atoms with E-state index in [0.29, 0.717) is 34.8 Å². The van der Waals surface area contributed by atoms with E-state index in [4.69, 9.17) is 16.3 Å². The molecule has 0 atom stereocenters. The molecule has 0 fully saturated rings. The summed E-state index contributed by atoms with van der Waals surface area (Å²) in [6.45, 7) is 1.06. The lowest BCUT2D eigenvalue weighted by molar-refractivity contribution is 0.0697. The Balaban J connectivity index is 1.76. The first-order valence-electron chi connectivity index (χ1n) is 8.11. The molecule has 9 heteroatoms. The van der Waals surface area contributed by atoms with E-state index in [0.717, 1.165) is 15.7 Å². The molecule has 0 aliphatic carbocycles. The minimum Gasteiger partial charge on any atom is -0.478 e. The van der Waals surface area contributed by atoms with Crippen molar-refractivity contribution in [3.63, 3.8) is 0 Å². The first-order valence-corrected chi connectivity index (χ1v) is 9.30. The van der Waals surface area contributed by atoms with E-state index in [1.165, 1.54) is 11.3 Å². The number of aromatic carboxylic acids is 1. The van der Waals surface area contributed by atoms with Crippen LogP contribution < -0.4 is 5.32 Å². The lowest BCUT2D eigenvalue weighted by Crippen LogP contribution is -2.08. The summed E-state index contributed by atoms with van der Waals surface area (Å²) >= 11 is 7.52. The first kappa shape index (κ1) is 17.7. The van der Waals surface area contributed by atoms with Crippen LogP contribution in [0, 0.1) is 0 Å². The third kappa shape index (κ3) is 3.46. The molecule has 4 rings (SSSR count). The van der Waals surface area contributed by atoms with Gasteiger partial charge in [0.1, 0.15) is 0 Å². The van der Waals surface area contributed by atoms with Gasteiger partial charge in [0, 0.05) is 18.7 Å². The van der Waals surface area contributed by atoms with Gasteiger partial charge in [0.25, 0.3) is 0 Å². The molecule has 0 amide bonds. The van der Waals surface area contributed by atoms with Gasteiger partial charge in [-0.05, 0) is 36.4 Å². The zero-order valence-electron chi connectivity index (χ0n) is 14.3. The van der Waals surface area contributed by atoms with E-state index in [-0.39, 0.29) is 5.56 Å². The van der Waals surface area contributed by atoms with Crippen molar-refractivity contribution >= 4 is 61.2 Å². The summed E-state index contributed by atoms with van der Waals surface area (Å²) in [5.41, 5.74) is 2.46. The van der Waals surface area contributed by atoms with Gasteiger partial charge in [0.15, 0.2) is 5.13 Å². The fraction of sp³-hybridized carbons (Fsp3) is 0.167. The van der Waals surface area contributed by atoms with E-state index in [2.05, 4.69) is 15.3 Å². The standard InChI is InChI=1S/C18H15ClN4O3S/c1-26-7-6-23-14-5-2-10(16(24)25)8-13(14)20-17(23)22-18-21-12-4-3-11(19)9-15(12)27-18/h2-5,8-9H,6-7H2,1H3,(H,24,25)(H,20,21,22). The largest absolute Gasteiger partial charge is 0.478 e. The molecular weight excluding hydrogens is 388 g/mol. The Labute approximate surface area is 163 Å². The first-order chi connectivity index (χ1) is 13.0. The lowest BCUT2D eigenvalue weighted by Gasteiger charge is -2.08. The molecule has 27 heavy (non-hydrogen) atoms. The normalized spacial score (nSPS) is 11.3. The van der Waals surface area contributed by atoms with Gasteiger partial charge in [-0.25, -0.2) is 14.8 Å². The Morgan fingerprint density at radius 1 is 1.26 bits per heavy atom. The van der Waals surface area contributed by atoms with Crippen LogP contribution in [0.25, 0.3) is 21.3 Å². The predicted molar refractivity (Wildman–Crippen MR) is 106 cm³/mol. The molecule has 0 aliphatic rings. The Bertz CT molecular complexity index is 1150. The maximum Gasteiger partial charge on any atom is 0.335 e. The molecule has 0 aliphatic heterocycles. The van der Waals surface area contributed by atoms with Crippen molar-refractivity contribution in [3.8, 4) is 0 Å². The van der Waals surface area contributed by atoms with Crippen LogP contribution in [0.2, 0.25) is 5.02 Å². The zero-order valence-corrected chi connectivity index (χ0v) is 15.8. The molecule has 0 bridgehead atoms. The smallest absolute Gasteiger partial charge is 0.335 e. The van der Waals surface area contributed by atoms with Crippen molar-refractivity contribution in [1.82, 2.24) is 14.5 Å². The molecule has 0 saturated heterocycles. The Kier molecular flexibility index (Phi) is 4.69. The molecule has 2 aromatic heterocycles. The van der Waals surface area contributed by atoms with Crippen molar-refractivity contribution < 1.29 is 14.6 Å². The summed E-state index contributed by atoms with van der Waals surface area (Å²) in [6, 6.07) is 10.4. The van der Waals surface area contributed by atoms with Gasteiger partial charge in [-0.3, -0.25) is 0 Å². The van der Waals surface area contributed by atoms with Crippen molar-refractivity contribution in [3.05, 3.63) is 47.0 Å². The summed E-state index contributed by atoms with van der Waals surface area (Å²) in [6.07, 6.45) is 0. The number of hydrogen-bond donors (Lipinski definition) is 2. The molecule has 0 spiro atoms. The van der Waals surface area contributed by atoms with Crippen LogP contribution in [-0.4, -0.2) is 39.3 Å². The molecule has 2 N–H and O–H groups in total. The second-order valence-electron chi connectivity index (χ2n) is 5.84. The number of carboxylic acids is 1. The van der Waals surface area contributed by atoms with Crippen LogP contribution in [0.15, 0.2) is 36.4 Å². The average molecular weight is 403 g/mol. The number of anilines is 2. The predicted octanol–water partition coefficient (Wildman–Crippen LogP) is 4.39. The van der Waals surface area contributed by atoms with Crippen molar-refractivity contribution in [2.75, 3.05) is 19.0 Å². The Hall–Kier alpha value is -2.68. The highest BCUT2D eigenvalue weighted by molar-refractivity contribution is 7.22. The number of rotatable bonds is 6. The second-order valence-corrected chi connectivity index (χ2v) is 7.31. The third-order valence-electron chi connectivity index (χ3n) is 4.08. The van der Waals surface area contributed by atoms with Gasteiger partial charge < -0.3 is 19.7 Å². The summed E-state index contributed by atoms with van der Waals surface area (Å²) in [7, 11) is 1.63. The van der Waals surface area contributed by atoms with Crippen molar-refractivity contribution in [2.45, 2.75) is 6.54 Å². The van der Waals surface area contributed by atoms with Gasteiger partial charge in [-0.1, -0.05) is 22.9 Å². The number of nitrogens with zero attached hydrogens (tertiary/aromatic N) is 3. The number of fused-ring (bicyclic) bond motifs is 2. The quantitative estimate of drug-likeness (QED) is 0.497. The van der Waals surface area contributed by atoms with Gasteiger partial charge in [0.2, 0.25) is 5.95 Å². The topological polar surface area (TPSA) is 89.3 Å². The number of imidazole rings is 1. The summed E-state index contributed by atoms with van der Waals surface area (Å²) < 4.78 is 8.11. The highest BCUT2D eigenvalue weighted by Crippen LogP contribution is 2.31. The molecule has 0 saturated carbocycles. The minimum absolute atomic E-state index is 0.195. The van der Waals surface area contributed by atoms with Crippen molar-refractivity contribution in [2.24, 2.45) is 0 Å². The van der Waals surface area contributed by atoms with Gasteiger partial charge >= 0.3 is 5.97 Å². The number of halogens is 1. The fourth-order valence-electron chi connectivity index (χ4n) is 2.81. The number of benzene rings is 2. The van der Waals surface area contributed by atoms with E-state index in [9.17, 15) is 9.90 Å². The van der Waals surface area contributed by atoms with Crippen LogP contribution in [0.3, 0.4) is 0 Å². The molecule has 2 heterocycles. The lowest BCUT2D eigenvalue weighted by atomic mass is 10.2. The van der Waals surface area contributed by atoms with E-state index in [1.807, 2.05) is 16.7 Å². The second kappa shape index (κ2) is 7.15. The number of carboxylic acid groups (broad SMARTS) is 1. The molecule has 7 nitrogen and oxygen atoms in total. The van der Waals surface area contributed by atoms with E-state index < -0.39 is 5.97 Å². The van der Waals surface area contributed by atoms with Crippen LogP contribution in [-0.2, 0) is 11.3 Å². The third-order valence-corrected chi connectivity index (χ3v) is 5.25. The Morgan fingerprint density at radius 3 is 2.89 bits per heavy atom. The zero-order chi connectivity index (χ0) is 19.0. The SMILES string of the molecule is COCCn1c(Nc2nc3ccc(Cl)cc3s2)nc2cc(C(=O)O)ccc21. The number of hydrogen-bond acceptors (Lipinski definition) is 6. The highest BCUT2D eigenvalue weighted by atomic mass is 35.5. The minimum atomic E-state index is -0.985. The monoisotopic (exact) mass is 402 g/mol. The average Bonchev–Trinajstić information content (AvgIpc) is 3.19. The number of ether oxygens (including phenoxy) is 1.